The smallest absolute Gasteiger partial charge is 0.278 e. The molecule has 25 heavy (non-hydrogen) atoms. The van der Waals surface area contributed by atoms with Crippen LogP contribution < -0.4 is 5.73 Å². The molecule has 3 heterocycles. The Kier molecular flexibility index (Phi) is 3.62. The number of fused-ring (bicyclic) bond motifs is 1. The van der Waals surface area contributed by atoms with E-state index in [1.165, 1.54) is 12.1 Å². The molecule has 0 amide bonds. The first-order chi connectivity index (χ1) is 12.0. The van der Waals surface area contributed by atoms with Gasteiger partial charge in [0.05, 0.1) is 10.5 Å². The first-order valence-electron chi connectivity index (χ1n) is 7.46. The Morgan fingerprint density at radius 1 is 1.16 bits per heavy atom. The molecule has 0 aliphatic heterocycles. The zero-order valence-electron chi connectivity index (χ0n) is 13.1. The van der Waals surface area contributed by atoms with E-state index in [-0.39, 0.29) is 11.7 Å². The predicted octanol–water partition coefficient (Wildman–Crippen LogP) is 4.63. The second-order valence-corrected chi connectivity index (χ2v) is 5.98. The van der Waals surface area contributed by atoms with Crippen molar-refractivity contribution in [3.63, 3.8) is 0 Å². The molecular weight excluding hydrogens is 343 g/mol. The summed E-state index contributed by atoms with van der Waals surface area (Å²) < 4.78 is 18.4. The number of benzene rings is 1. The van der Waals surface area contributed by atoms with Crippen molar-refractivity contribution in [3.8, 4) is 22.6 Å². The normalized spacial score (nSPS) is 11.2. The van der Waals surface area contributed by atoms with Crippen LogP contribution in [0, 0.1) is 12.9 Å². The predicted molar refractivity (Wildman–Crippen MR) is 94.6 cm³/mol. The van der Waals surface area contributed by atoms with Gasteiger partial charge in [-0.15, -0.1) is 0 Å². The van der Waals surface area contributed by atoms with E-state index < -0.39 is 6.01 Å². The number of pyridine rings is 1. The number of halogens is 2. The fourth-order valence-corrected chi connectivity index (χ4v) is 3.00. The Hall–Kier alpha value is -2.99. The molecule has 0 unspecified atom stereocenters. The maximum absolute atomic E-state index is 13.3. The minimum absolute atomic E-state index is 0.0697. The Morgan fingerprint density at radius 3 is 2.76 bits per heavy atom. The van der Waals surface area contributed by atoms with Crippen molar-refractivity contribution in [3.05, 3.63) is 59.3 Å². The van der Waals surface area contributed by atoms with Crippen LogP contribution in [0.2, 0.25) is 5.02 Å². The van der Waals surface area contributed by atoms with Crippen molar-refractivity contribution >= 4 is 28.5 Å². The van der Waals surface area contributed by atoms with E-state index in [1.54, 1.807) is 18.5 Å². The number of nitrogens with two attached hydrogens (primary N) is 1. The highest BCUT2D eigenvalue weighted by Gasteiger charge is 2.16. The van der Waals surface area contributed by atoms with E-state index in [4.69, 9.17) is 21.8 Å². The second-order valence-electron chi connectivity index (χ2n) is 5.58. The third kappa shape index (κ3) is 2.70. The Labute approximate surface area is 147 Å². The van der Waals surface area contributed by atoms with Crippen LogP contribution in [0.3, 0.4) is 0 Å². The molecule has 4 rings (SSSR count). The standard InChI is InChI=1S/C18H12ClFN4O/c1-9-4-5-22-16-11(9)6-10(7-13(16)19)12-8-23-18(21)24-17(12)14-2-3-15(20)25-14/h2-8H,1H3,(H2,21,23,24). The lowest BCUT2D eigenvalue weighted by atomic mass is 10.0. The van der Waals surface area contributed by atoms with Crippen LogP contribution in [0.1, 0.15) is 5.56 Å². The Bertz CT molecular complexity index is 1110. The van der Waals surface area contributed by atoms with Gasteiger partial charge in [0.25, 0.3) is 6.01 Å². The lowest BCUT2D eigenvalue weighted by Gasteiger charge is -2.10. The van der Waals surface area contributed by atoms with E-state index in [0.29, 0.717) is 21.8 Å². The first-order valence-corrected chi connectivity index (χ1v) is 7.84. The third-order valence-electron chi connectivity index (χ3n) is 3.94. The molecule has 0 saturated carbocycles. The molecule has 1 aromatic carbocycles. The highest BCUT2D eigenvalue weighted by atomic mass is 35.5. The number of nitrogens with zero attached hydrogens (tertiary/aromatic N) is 3. The molecule has 0 bridgehead atoms. The van der Waals surface area contributed by atoms with Crippen LogP contribution in [0.5, 0.6) is 0 Å². The molecule has 0 aliphatic rings. The summed E-state index contributed by atoms with van der Waals surface area (Å²) in [4.78, 5) is 12.6. The van der Waals surface area contributed by atoms with E-state index >= 15 is 0 Å². The van der Waals surface area contributed by atoms with Gasteiger partial charge in [-0.25, -0.2) is 9.97 Å². The molecule has 0 atom stereocenters. The lowest BCUT2D eigenvalue weighted by molar-refractivity contribution is 0.366. The molecule has 4 aromatic rings. The summed E-state index contributed by atoms with van der Waals surface area (Å²) in [6.45, 7) is 1.98. The van der Waals surface area contributed by atoms with Crippen molar-refractivity contribution in [2.75, 3.05) is 5.73 Å². The van der Waals surface area contributed by atoms with Crippen LogP contribution in [-0.4, -0.2) is 15.0 Å². The fraction of sp³-hybridized carbons (Fsp3) is 0.0556. The average Bonchev–Trinajstić information content (AvgIpc) is 3.02. The van der Waals surface area contributed by atoms with Crippen molar-refractivity contribution in [2.45, 2.75) is 6.92 Å². The van der Waals surface area contributed by atoms with Gasteiger partial charge in [0.15, 0.2) is 5.76 Å². The number of furan rings is 1. The van der Waals surface area contributed by atoms with Crippen molar-refractivity contribution in [1.29, 1.82) is 0 Å². The summed E-state index contributed by atoms with van der Waals surface area (Å²) in [5.41, 5.74) is 9.25. The topological polar surface area (TPSA) is 77.8 Å². The number of hydrogen-bond acceptors (Lipinski definition) is 5. The second kappa shape index (κ2) is 5.82. The van der Waals surface area contributed by atoms with Gasteiger partial charge < -0.3 is 10.2 Å². The number of rotatable bonds is 2. The van der Waals surface area contributed by atoms with Gasteiger partial charge in [0, 0.05) is 29.4 Å². The van der Waals surface area contributed by atoms with Gasteiger partial charge in [-0.3, -0.25) is 4.98 Å². The largest absolute Gasteiger partial charge is 0.429 e. The van der Waals surface area contributed by atoms with E-state index in [2.05, 4.69) is 15.0 Å². The summed E-state index contributed by atoms with van der Waals surface area (Å²) >= 11 is 6.41. The van der Waals surface area contributed by atoms with Gasteiger partial charge in [0.1, 0.15) is 5.69 Å². The van der Waals surface area contributed by atoms with Crippen LogP contribution in [0.15, 0.2) is 47.1 Å². The SMILES string of the molecule is Cc1ccnc2c(Cl)cc(-c3cnc(N)nc3-c3ccc(F)o3)cc12. The zero-order chi connectivity index (χ0) is 17.6. The summed E-state index contributed by atoms with van der Waals surface area (Å²) in [6, 6.07) is 7.64. The molecule has 0 saturated heterocycles. The summed E-state index contributed by atoms with van der Waals surface area (Å²) in [6.07, 6.45) is 3.29. The van der Waals surface area contributed by atoms with Gasteiger partial charge in [-0.2, -0.15) is 4.39 Å². The van der Waals surface area contributed by atoms with E-state index in [1.807, 2.05) is 19.1 Å². The molecule has 0 radical (unpaired) electrons. The highest BCUT2D eigenvalue weighted by Crippen LogP contribution is 2.36. The van der Waals surface area contributed by atoms with E-state index in [9.17, 15) is 4.39 Å². The number of aromatic nitrogens is 3. The quantitative estimate of drug-likeness (QED) is 0.567. The number of aryl methyl sites for hydroxylation is 1. The first kappa shape index (κ1) is 15.5. The Balaban J connectivity index is 1.99. The molecule has 3 aromatic heterocycles. The van der Waals surface area contributed by atoms with Crippen molar-refractivity contribution < 1.29 is 8.81 Å². The molecule has 124 valence electrons. The minimum Gasteiger partial charge on any atom is -0.429 e. The van der Waals surface area contributed by atoms with Crippen LogP contribution >= 0.6 is 11.6 Å². The summed E-state index contributed by atoms with van der Waals surface area (Å²) in [5, 5.41) is 1.42. The number of anilines is 1. The average molecular weight is 355 g/mol. The number of hydrogen-bond donors (Lipinski definition) is 1. The van der Waals surface area contributed by atoms with Gasteiger partial charge in [-0.1, -0.05) is 11.6 Å². The lowest BCUT2D eigenvalue weighted by Crippen LogP contribution is -1.98. The van der Waals surface area contributed by atoms with Gasteiger partial charge >= 0.3 is 0 Å². The molecular formula is C18H12ClFN4O. The third-order valence-corrected chi connectivity index (χ3v) is 4.23. The highest BCUT2D eigenvalue weighted by molar-refractivity contribution is 6.35. The zero-order valence-corrected chi connectivity index (χ0v) is 13.9. The minimum atomic E-state index is -0.699. The van der Waals surface area contributed by atoms with Crippen molar-refractivity contribution in [1.82, 2.24) is 15.0 Å². The maximum atomic E-state index is 13.3. The molecule has 5 nitrogen and oxygen atoms in total. The molecule has 2 N–H and O–H groups in total. The number of nitrogen functional groups attached to an aromatic ring is 1. The molecule has 0 spiro atoms. The van der Waals surface area contributed by atoms with Gasteiger partial charge in [-0.05, 0) is 42.3 Å². The maximum Gasteiger partial charge on any atom is 0.278 e. The fourth-order valence-electron chi connectivity index (χ4n) is 2.74. The molecule has 0 aliphatic carbocycles. The van der Waals surface area contributed by atoms with Crippen LogP contribution in [-0.2, 0) is 0 Å². The van der Waals surface area contributed by atoms with E-state index in [0.717, 1.165) is 16.5 Å². The van der Waals surface area contributed by atoms with Crippen LogP contribution in [0.4, 0.5) is 10.3 Å². The molecule has 7 heteroatoms. The van der Waals surface area contributed by atoms with Crippen LogP contribution in [0.25, 0.3) is 33.5 Å². The van der Waals surface area contributed by atoms with Crippen molar-refractivity contribution in [2.24, 2.45) is 0 Å². The Morgan fingerprint density at radius 2 is 2.00 bits per heavy atom. The summed E-state index contributed by atoms with van der Waals surface area (Å²) in [7, 11) is 0. The van der Waals surface area contributed by atoms with Gasteiger partial charge in [0.2, 0.25) is 5.95 Å². The molecule has 0 fully saturated rings. The monoisotopic (exact) mass is 354 g/mol. The summed E-state index contributed by atoms with van der Waals surface area (Å²) in [5.74, 6) is 0.334.